The van der Waals surface area contributed by atoms with E-state index in [1.807, 2.05) is 0 Å². The molecule has 0 bridgehead atoms. The van der Waals surface area contributed by atoms with Crippen molar-refractivity contribution in [3.05, 3.63) is 25.3 Å². The first-order chi connectivity index (χ1) is 13.1. The van der Waals surface area contributed by atoms with Gasteiger partial charge < -0.3 is 24.0 Å². The van der Waals surface area contributed by atoms with Crippen molar-refractivity contribution >= 4 is 6.16 Å². The van der Waals surface area contributed by atoms with Crippen LogP contribution in [0.2, 0.25) is 0 Å². The van der Waals surface area contributed by atoms with Crippen LogP contribution in [-0.2, 0) is 0 Å². The fourth-order valence-electron chi connectivity index (χ4n) is 4.52. The van der Waals surface area contributed by atoms with Crippen LogP contribution in [0.15, 0.2) is 25.3 Å². The molecule has 0 heterocycles. The van der Waals surface area contributed by atoms with Crippen molar-refractivity contribution in [2.45, 2.75) is 76.3 Å². The average molecular weight is 397 g/mol. The maximum atomic E-state index is 8.33. The second-order valence-electron chi connectivity index (χ2n) is 9.33. The highest BCUT2D eigenvalue weighted by Gasteiger charge is 2.28. The lowest BCUT2D eigenvalue weighted by Gasteiger charge is -2.39. The molecular formula is C23H44N2O3. The van der Waals surface area contributed by atoms with Gasteiger partial charge >= 0.3 is 0 Å². The zero-order valence-corrected chi connectivity index (χ0v) is 18.8. The van der Waals surface area contributed by atoms with Gasteiger partial charge in [-0.1, -0.05) is 26.0 Å². The molecule has 5 heteroatoms. The molecule has 0 aliphatic heterocycles. The number of hydrogen-bond acceptors (Lipinski definition) is 3. The van der Waals surface area contributed by atoms with Crippen LogP contribution in [-0.4, -0.2) is 68.5 Å². The monoisotopic (exact) mass is 396 g/mol. The Labute approximate surface area is 173 Å². The van der Waals surface area contributed by atoms with Gasteiger partial charge in [0.15, 0.2) is 0 Å². The number of carbonyl (C=O) groups excluding carboxylic acids is 1. The molecule has 0 aromatic rings. The standard InChI is InChI=1S/2C11H22N.CH2O3/c2*1-4-10-12(2,3)11-8-6-5-7-9-11;2-1(3)4/h2*4,11H,1,5-10H2,2-3H3;(H2,2,3,4)/q2*+1;/p-2. The number of quaternary nitrogens is 2. The molecule has 0 amide bonds. The number of carbonyl (C=O) groups is 1. The molecule has 0 saturated heterocycles. The highest BCUT2D eigenvalue weighted by Crippen LogP contribution is 2.26. The summed E-state index contributed by atoms with van der Waals surface area (Å²) in [5.74, 6) is 0. The summed E-state index contributed by atoms with van der Waals surface area (Å²) in [4.78, 5) is 8.33. The first-order valence-corrected chi connectivity index (χ1v) is 10.8. The summed E-state index contributed by atoms with van der Waals surface area (Å²) >= 11 is 0. The lowest BCUT2D eigenvalue weighted by molar-refractivity contribution is -0.910. The summed E-state index contributed by atoms with van der Waals surface area (Å²) in [6.07, 6.45) is 16.1. The third-order valence-corrected chi connectivity index (χ3v) is 6.33. The van der Waals surface area contributed by atoms with Crippen LogP contribution >= 0.6 is 0 Å². The molecule has 0 unspecified atom stereocenters. The van der Waals surface area contributed by atoms with Crippen molar-refractivity contribution in [2.24, 2.45) is 0 Å². The molecule has 164 valence electrons. The Balaban J connectivity index is 0.000000439. The van der Waals surface area contributed by atoms with Crippen LogP contribution in [0.1, 0.15) is 64.2 Å². The molecule has 2 saturated carbocycles. The first-order valence-electron chi connectivity index (χ1n) is 10.8. The molecule has 2 aliphatic rings. The molecule has 0 radical (unpaired) electrons. The topological polar surface area (TPSA) is 63.2 Å². The summed E-state index contributed by atoms with van der Waals surface area (Å²) in [5, 5.41) is 16.7. The third kappa shape index (κ3) is 11.5. The van der Waals surface area contributed by atoms with Crippen molar-refractivity contribution in [2.75, 3.05) is 41.3 Å². The minimum absolute atomic E-state index is 0.886. The van der Waals surface area contributed by atoms with E-state index >= 15 is 0 Å². The molecule has 0 aromatic carbocycles. The van der Waals surface area contributed by atoms with E-state index in [0.29, 0.717) is 0 Å². The molecule has 2 fully saturated rings. The Kier molecular flexibility index (Phi) is 13.1. The van der Waals surface area contributed by atoms with E-state index in [-0.39, 0.29) is 0 Å². The SMILES string of the molecule is C=CC[N+](C)(C)C1CCCCC1.C=CC[N+](C)(C)C1CCCCC1.O=C([O-])[O-]. The summed E-state index contributed by atoms with van der Waals surface area (Å²) in [6, 6.07) is 1.77. The maximum Gasteiger partial charge on any atom is 0.0969 e. The van der Waals surface area contributed by atoms with Crippen molar-refractivity contribution in [1.29, 1.82) is 0 Å². The largest absolute Gasteiger partial charge is 0.652 e. The van der Waals surface area contributed by atoms with E-state index in [4.69, 9.17) is 15.0 Å². The fourth-order valence-corrected chi connectivity index (χ4v) is 4.52. The lowest BCUT2D eigenvalue weighted by atomic mass is 9.93. The van der Waals surface area contributed by atoms with Gasteiger partial charge in [0.2, 0.25) is 0 Å². The quantitative estimate of drug-likeness (QED) is 0.512. The Morgan fingerprint density at radius 3 is 1.21 bits per heavy atom. The van der Waals surface area contributed by atoms with Crippen molar-refractivity contribution in [3.63, 3.8) is 0 Å². The number of carboxylic acid groups (broad SMARTS) is 2. The fraction of sp³-hybridized carbons (Fsp3) is 0.783. The third-order valence-electron chi connectivity index (χ3n) is 6.33. The van der Waals surface area contributed by atoms with Gasteiger partial charge in [-0.25, -0.2) is 0 Å². The van der Waals surface area contributed by atoms with Crippen LogP contribution in [0.5, 0.6) is 0 Å². The predicted octanol–water partition coefficient (Wildman–Crippen LogP) is 2.72. The Hall–Kier alpha value is -1.33. The van der Waals surface area contributed by atoms with E-state index < -0.39 is 6.16 Å². The Morgan fingerprint density at radius 2 is 1.00 bits per heavy atom. The molecule has 0 atom stereocenters. The zero-order valence-electron chi connectivity index (χ0n) is 18.8. The maximum absolute atomic E-state index is 8.33. The summed E-state index contributed by atoms with van der Waals surface area (Å²) in [6.45, 7) is 9.88. The molecular weight excluding hydrogens is 352 g/mol. The molecule has 0 N–H and O–H groups in total. The van der Waals surface area contributed by atoms with Crippen LogP contribution in [0, 0.1) is 0 Å². The van der Waals surface area contributed by atoms with Crippen molar-refractivity contribution in [1.82, 2.24) is 0 Å². The van der Waals surface area contributed by atoms with Gasteiger partial charge in [-0.2, -0.15) is 0 Å². The van der Waals surface area contributed by atoms with Crippen LogP contribution in [0.3, 0.4) is 0 Å². The molecule has 0 aromatic heterocycles. The van der Waals surface area contributed by atoms with Gasteiger partial charge in [-0.3, -0.25) is 0 Å². The minimum Gasteiger partial charge on any atom is -0.652 e. The summed E-state index contributed by atoms with van der Waals surface area (Å²) < 4.78 is 2.28. The smallest absolute Gasteiger partial charge is 0.0969 e. The average Bonchev–Trinajstić information content (AvgIpc) is 2.63. The van der Waals surface area contributed by atoms with E-state index in [1.54, 1.807) is 0 Å². The van der Waals surface area contributed by atoms with E-state index in [1.165, 1.54) is 64.2 Å². The predicted molar refractivity (Wildman–Crippen MR) is 113 cm³/mol. The van der Waals surface area contributed by atoms with E-state index in [2.05, 4.69) is 53.5 Å². The van der Waals surface area contributed by atoms with Gasteiger partial charge in [-0.05, 0) is 69.7 Å². The number of nitrogens with zero attached hydrogens (tertiary/aromatic N) is 2. The van der Waals surface area contributed by atoms with Gasteiger partial charge in [0, 0.05) is 0 Å². The number of likely N-dealkylation sites (N-methyl/N-ethyl adjacent to an activating group) is 2. The van der Waals surface area contributed by atoms with Crippen LogP contribution < -0.4 is 10.2 Å². The lowest BCUT2D eigenvalue weighted by Crippen LogP contribution is -2.49. The van der Waals surface area contributed by atoms with Gasteiger partial charge in [-0.15, -0.1) is 0 Å². The normalized spacial score (nSPS) is 18.7. The van der Waals surface area contributed by atoms with Gasteiger partial charge in [0.25, 0.3) is 0 Å². The summed E-state index contributed by atoms with van der Waals surface area (Å²) in [7, 11) is 9.32. The molecule has 2 rings (SSSR count). The van der Waals surface area contributed by atoms with Gasteiger partial charge in [0.05, 0.1) is 53.4 Å². The minimum atomic E-state index is -2.33. The van der Waals surface area contributed by atoms with Crippen LogP contribution in [0.4, 0.5) is 4.79 Å². The molecule has 5 nitrogen and oxygen atoms in total. The molecule has 0 spiro atoms. The zero-order chi connectivity index (χ0) is 21.6. The van der Waals surface area contributed by atoms with Crippen molar-refractivity contribution in [3.8, 4) is 0 Å². The molecule has 28 heavy (non-hydrogen) atoms. The highest BCUT2D eigenvalue weighted by atomic mass is 16.6. The second-order valence-corrected chi connectivity index (χ2v) is 9.33. The Morgan fingerprint density at radius 1 is 0.750 bits per heavy atom. The Bertz CT molecular complexity index is 409. The van der Waals surface area contributed by atoms with E-state index in [9.17, 15) is 0 Å². The summed E-state index contributed by atoms with van der Waals surface area (Å²) in [5.41, 5.74) is 0. The van der Waals surface area contributed by atoms with Gasteiger partial charge in [0.1, 0.15) is 0 Å². The highest BCUT2D eigenvalue weighted by molar-refractivity contribution is 5.47. The number of hydrogen-bond donors (Lipinski definition) is 0. The van der Waals surface area contributed by atoms with Crippen LogP contribution in [0.25, 0.3) is 0 Å². The van der Waals surface area contributed by atoms with E-state index in [0.717, 1.165) is 34.1 Å². The first kappa shape index (κ1) is 26.7. The molecule has 2 aliphatic carbocycles. The second kappa shape index (κ2) is 13.8. The van der Waals surface area contributed by atoms with Crippen molar-refractivity contribution < 1.29 is 24.0 Å². The number of rotatable bonds is 6.